The van der Waals surface area contributed by atoms with E-state index in [-0.39, 0.29) is 11.0 Å². The molecule has 0 bridgehead atoms. The van der Waals surface area contributed by atoms with Crippen molar-refractivity contribution in [2.45, 2.75) is 38.2 Å². The molecule has 2 aromatic carbocycles. The summed E-state index contributed by atoms with van der Waals surface area (Å²) in [4.78, 5) is 15.8. The van der Waals surface area contributed by atoms with Gasteiger partial charge in [0, 0.05) is 26.2 Å². The van der Waals surface area contributed by atoms with Gasteiger partial charge in [-0.25, -0.2) is 17.6 Å². The van der Waals surface area contributed by atoms with E-state index in [0.717, 1.165) is 6.07 Å². The number of para-hydroxylation sites is 2. The van der Waals surface area contributed by atoms with Gasteiger partial charge in [0.25, 0.3) is 10.0 Å². The van der Waals surface area contributed by atoms with E-state index < -0.39 is 21.4 Å². The van der Waals surface area contributed by atoms with Crippen LogP contribution in [0.25, 0.3) is 0 Å². The first-order chi connectivity index (χ1) is 14.5. The number of nitrogens with zero attached hydrogens (tertiary/aromatic N) is 2. The quantitative estimate of drug-likeness (QED) is 0.764. The first-order valence-electron chi connectivity index (χ1n) is 10.1. The van der Waals surface area contributed by atoms with Crippen molar-refractivity contribution in [3.63, 3.8) is 0 Å². The number of amides is 1. The third kappa shape index (κ3) is 5.66. The summed E-state index contributed by atoms with van der Waals surface area (Å²) in [5, 5.41) is 0. The lowest BCUT2D eigenvalue weighted by atomic mass is 10.2. The van der Waals surface area contributed by atoms with Crippen molar-refractivity contribution in [3.05, 3.63) is 53.8 Å². The van der Waals surface area contributed by atoms with Gasteiger partial charge in [0.15, 0.2) is 0 Å². The van der Waals surface area contributed by atoms with Crippen LogP contribution in [0.15, 0.2) is 47.4 Å². The topological polar surface area (TPSA) is 79.0 Å². The van der Waals surface area contributed by atoms with Crippen molar-refractivity contribution in [3.8, 4) is 0 Å². The molecule has 1 fully saturated rings. The molecule has 0 aliphatic carbocycles. The average molecular weight is 450 g/mol. The Morgan fingerprint density at radius 2 is 1.71 bits per heavy atom. The lowest BCUT2D eigenvalue weighted by molar-refractivity contribution is 0.0240. The highest BCUT2D eigenvalue weighted by molar-refractivity contribution is 7.92. The highest BCUT2D eigenvalue weighted by Gasteiger charge is 2.27. The van der Waals surface area contributed by atoms with Crippen LogP contribution in [0.5, 0.6) is 0 Å². The summed E-state index contributed by atoms with van der Waals surface area (Å²) in [6.07, 6.45) is -0.359. The smallest absolute Gasteiger partial charge is 0.410 e. The van der Waals surface area contributed by atoms with E-state index in [2.05, 4.69) is 4.72 Å². The first kappa shape index (κ1) is 22.9. The molecular formula is C22H28FN3O4S. The number of benzene rings is 2. The predicted molar refractivity (Wildman–Crippen MR) is 118 cm³/mol. The van der Waals surface area contributed by atoms with E-state index in [1.54, 1.807) is 24.0 Å². The number of hydrogen-bond donors (Lipinski definition) is 1. The maximum absolute atomic E-state index is 13.9. The van der Waals surface area contributed by atoms with Crippen molar-refractivity contribution >= 4 is 27.5 Å². The fraction of sp³-hybridized carbons (Fsp3) is 0.409. The second kappa shape index (κ2) is 8.74. The van der Waals surface area contributed by atoms with Gasteiger partial charge < -0.3 is 14.5 Å². The molecule has 0 radical (unpaired) electrons. The zero-order valence-electron chi connectivity index (χ0n) is 18.2. The molecular weight excluding hydrogens is 421 g/mol. The monoisotopic (exact) mass is 449 g/mol. The fourth-order valence-corrected chi connectivity index (χ4v) is 4.32. The third-order valence-corrected chi connectivity index (χ3v) is 6.24. The molecule has 1 aliphatic rings. The molecule has 9 heteroatoms. The minimum absolute atomic E-state index is 0.139. The molecule has 0 spiro atoms. The van der Waals surface area contributed by atoms with Crippen LogP contribution in [-0.4, -0.2) is 51.2 Å². The molecule has 1 heterocycles. The van der Waals surface area contributed by atoms with Crippen LogP contribution in [0.2, 0.25) is 0 Å². The molecule has 1 amide bonds. The van der Waals surface area contributed by atoms with Crippen molar-refractivity contribution < 1.29 is 22.3 Å². The summed E-state index contributed by atoms with van der Waals surface area (Å²) in [5.41, 5.74) is 0.910. The number of carbonyl (C=O) groups is 1. The maximum atomic E-state index is 13.9. The molecule has 2 aromatic rings. The Hall–Kier alpha value is -2.81. The Balaban J connectivity index is 1.74. The molecule has 1 saturated heterocycles. The number of piperazine rings is 1. The van der Waals surface area contributed by atoms with E-state index in [0.29, 0.717) is 43.1 Å². The zero-order valence-corrected chi connectivity index (χ0v) is 19.0. The zero-order chi connectivity index (χ0) is 22.8. The maximum Gasteiger partial charge on any atom is 0.410 e. The summed E-state index contributed by atoms with van der Waals surface area (Å²) in [5.74, 6) is -0.575. The van der Waals surface area contributed by atoms with Gasteiger partial charge >= 0.3 is 6.09 Å². The van der Waals surface area contributed by atoms with Gasteiger partial charge in [-0.05, 0) is 57.5 Å². The van der Waals surface area contributed by atoms with Crippen LogP contribution in [0, 0.1) is 12.7 Å². The van der Waals surface area contributed by atoms with Gasteiger partial charge in [0.1, 0.15) is 11.4 Å². The van der Waals surface area contributed by atoms with E-state index in [9.17, 15) is 17.6 Å². The van der Waals surface area contributed by atoms with Crippen LogP contribution < -0.4 is 9.62 Å². The predicted octanol–water partition coefficient (Wildman–Crippen LogP) is 3.99. The van der Waals surface area contributed by atoms with Gasteiger partial charge in [-0.1, -0.05) is 18.2 Å². The van der Waals surface area contributed by atoms with Crippen LogP contribution in [0.4, 0.5) is 20.6 Å². The fourth-order valence-electron chi connectivity index (χ4n) is 3.24. The number of aryl methyl sites for hydroxylation is 1. The summed E-state index contributed by atoms with van der Waals surface area (Å²) >= 11 is 0. The van der Waals surface area contributed by atoms with Crippen LogP contribution in [-0.2, 0) is 14.8 Å². The lowest BCUT2D eigenvalue weighted by Gasteiger charge is -2.37. The molecule has 0 aromatic heterocycles. The number of nitrogens with one attached hydrogen (secondary N) is 1. The van der Waals surface area contributed by atoms with Crippen molar-refractivity contribution in [1.82, 2.24) is 4.90 Å². The SMILES string of the molecule is Cc1ccc(S(=O)(=O)Nc2ccccc2N2CCN(C(=O)OC(C)(C)C)CC2)cc1F. The Morgan fingerprint density at radius 3 is 2.32 bits per heavy atom. The van der Waals surface area contributed by atoms with Crippen molar-refractivity contribution in [2.24, 2.45) is 0 Å². The Bertz CT molecular complexity index is 1060. The minimum Gasteiger partial charge on any atom is -0.444 e. The molecule has 0 atom stereocenters. The van der Waals surface area contributed by atoms with E-state index in [1.165, 1.54) is 12.1 Å². The largest absolute Gasteiger partial charge is 0.444 e. The number of sulfonamides is 1. The van der Waals surface area contributed by atoms with E-state index >= 15 is 0 Å². The van der Waals surface area contributed by atoms with Crippen LogP contribution >= 0.6 is 0 Å². The molecule has 1 aliphatic heterocycles. The van der Waals surface area contributed by atoms with Gasteiger partial charge in [-0.15, -0.1) is 0 Å². The molecule has 0 unspecified atom stereocenters. The molecule has 1 N–H and O–H groups in total. The summed E-state index contributed by atoms with van der Waals surface area (Å²) in [6.45, 7) is 9.01. The van der Waals surface area contributed by atoms with Gasteiger partial charge in [-0.2, -0.15) is 0 Å². The first-order valence-corrected chi connectivity index (χ1v) is 11.6. The Labute approximate surface area is 182 Å². The van der Waals surface area contributed by atoms with E-state index in [4.69, 9.17) is 4.74 Å². The second-order valence-electron chi connectivity index (χ2n) is 8.49. The normalized spacial score (nSPS) is 15.0. The summed E-state index contributed by atoms with van der Waals surface area (Å²) in [7, 11) is -3.96. The average Bonchev–Trinajstić information content (AvgIpc) is 2.69. The molecule has 168 valence electrons. The Kier molecular flexibility index (Phi) is 6.45. The van der Waals surface area contributed by atoms with Gasteiger partial charge in [0.2, 0.25) is 0 Å². The third-order valence-electron chi connectivity index (χ3n) is 4.87. The Morgan fingerprint density at radius 1 is 1.06 bits per heavy atom. The summed E-state index contributed by atoms with van der Waals surface area (Å²) < 4.78 is 47.5. The van der Waals surface area contributed by atoms with Crippen LogP contribution in [0.1, 0.15) is 26.3 Å². The van der Waals surface area contributed by atoms with E-state index in [1.807, 2.05) is 37.8 Å². The number of rotatable bonds is 4. The molecule has 31 heavy (non-hydrogen) atoms. The number of hydrogen-bond acceptors (Lipinski definition) is 5. The number of anilines is 2. The standard InChI is InChI=1S/C22H28FN3O4S/c1-16-9-10-17(15-18(16)23)31(28,29)24-19-7-5-6-8-20(19)25-11-13-26(14-12-25)21(27)30-22(2,3)4/h5-10,15,24H,11-14H2,1-4H3. The summed E-state index contributed by atoms with van der Waals surface area (Å²) in [6, 6.07) is 10.9. The highest BCUT2D eigenvalue weighted by Crippen LogP contribution is 2.29. The van der Waals surface area contributed by atoms with Gasteiger partial charge in [0.05, 0.1) is 16.3 Å². The van der Waals surface area contributed by atoms with Crippen molar-refractivity contribution in [2.75, 3.05) is 35.8 Å². The number of carbonyl (C=O) groups excluding carboxylic acids is 1. The molecule has 0 saturated carbocycles. The molecule has 3 rings (SSSR count). The lowest BCUT2D eigenvalue weighted by Crippen LogP contribution is -2.50. The highest BCUT2D eigenvalue weighted by atomic mass is 32.2. The van der Waals surface area contributed by atoms with Crippen LogP contribution in [0.3, 0.4) is 0 Å². The number of halogens is 1. The second-order valence-corrected chi connectivity index (χ2v) is 10.2. The van der Waals surface area contributed by atoms with Crippen molar-refractivity contribution in [1.29, 1.82) is 0 Å². The van der Waals surface area contributed by atoms with Gasteiger partial charge in [-0.3, -0.25) is 4.72 Å². The number of ether oxygens (including phenoxy) is 1. The minimum atomic E-state index is -3.96. The molecule has 7 nitrogen and oxygen atoms in total.